The van der Waals surface area contributed by atoms with Gasteiger partial charge < -0.3 is 14.8 Å². The van der Waals surface area contributed by atoms with E-state index in [0.717, 1.165) is 11.1 Å². The fourth-order valence-corrected chi connectivity index (χ4v) is 2.61. The van der Waals surface area contributed by atoms with Crippen molar-refractivity contribution in [2.75, 3.05) is 7.11 Å². The molecular weight excluding hydrogens is 345 g/mol. The second kappa shape index (κ2) is 8.85. The van der Waals surface area contributed by atoms with E-state index >= 15 is 0 Å². The van der Waals surface area contributed by atoms with Gasteiger partial charge >= 0.3 is 0 Å². The number of carbonyl (C=O) groups is 1. The first-order valence-corrected chi connectivity index (χ1v) is 8.54. The monoisotopic (exact) mass is 365 g/mol. The first-order chi connectivity index (χ1) is 13.2. The van der Waals surface area contributed by atoms with Crippen LogP contribution in [0.5, 0.6) is 11.5 Å². The summed E-state index contributed by atoms with van der Waals surface area (Å²) in [4.78, 5) is 12.7. The molecule has 1 N–H and O–H groups in total. The molecule has 0 aliphatic carbocycles. The highest BCUT2D eigenvalue weighted by Crippen LogP contribution is 2.31. The van der Waals surface area contributed by atoms with Crippen LogP contribution in [0.3, 0.4) is 0 Å². The molecule has 3 aromatic rings. The smallest absolute Gasteiger partial charge is 0.255 e. The van der Waals surface area contributed by atoms with Crippen LogP contribution in [0.1, 0.15) is 21.5 Å². The molecule has 0 radical (unpaired) electrons. The van der Waals surface area contributed by atoms with Crippen LogP contribution >= 0.6 is 0 Å². The van der Waals surface area contributed by atoms with Crippen molar-refractivity contribution in [3.63, 3.8) is 0 Å². The SMILES string of the molecule is COc1cccc(C(=O)NCc2ccc(F)cc2)c1OCc1ccccc1. The van der Waals surface area contributed by atoms with Crippen LogP contribution in [0.15, 0.2) is 72.8 Å². The average molecular weight is 365 g/mol. The van der Waals surface area contributed by atoms with Gasteiger partial charge in [0.25, 0.3) is 5.91 Å². The van der Waals surface area contributed by atoms with Crippen LogP contribution in [0.4, 0.5) is 4.39 Å². The molecule has 3 aromatic carbocycles. The van der Waals surface area contributed by atoms with Gasteiger partial charge in [0.05, 0.1) is 12.7 Å². The van der Waals surface area contributed by atoms with Gasteiger partial charge in [-0.15, -0.1) is 0 Å². The Labute approximate surface area is 157 Å². The number of nitrogens with one attached hydrogen (secondary N) is 1. The Balaban J connectivity index is 1.75. The summed E-state index contributed by atoms with van der Waals surface area (Å²) >= 11 is 0. The first kappa shape index (κ1) is 18.5. The molecule has 5 heteroatoms. The highest BCUT2D eigenvalue weighted by molar-refractivity contribution is 5.97. The van der Waals surface area contributed by atoms with Gasteiger partial charge in [-0.25, -0.2) is 4.39 Å². The minimum absolute atomic E-state index is 0.286. The Kier molecular flexibility index (Phi) is 6.05. The third-order valence-corrected chi connectivity index (χ3v) is 4.04. The van der Waals surface area contributed by atoms with Crippen LogP contribution < -0.4 is 14.8 Å². The van der Waals surface area contributed by atoms with E-state index in [1.807, 2.05) is 30.3 Å². The predicted molar refractivity (Wildman–Crippen MR) is 101 cm³/mol. The second-order valence-electron chi connectivity index (χ2n) is 5.92. The van der Waals surface area contributed by atoms with E-state index in [2.05, 4.69) is 5.32 Å². The molecule has 27 heavy (non-hydrogen) atoms. The van der Waals surface area contributed by atoms with Crippen molar-refractivity contribution in [3.8, 4) is 11.5 Å². The molecule has 0 heterocycles. The Bertz CT molecular complexity index is 895. The molecule has 0 aliphatic heterocycles. The van der Waals surface area contributed by atoms with Crippen molar-refractivity contribution in [1.82, 2.24) is 5.32 Å². The average Bonchev–Trinajstić information content (AvgIpc) is 2.72. The van der Waals surface area contributed by atoms with Gasteiger partial charge in [-0.3, -0.25) is 4.79 Å². The number of amides is 1. The standard InChI is InChI=1S/C22H20FNO3/c1-26-20-9-5-8-19(21(20)27-15-17-6-3-2-4-7-17)22(25)24-14-16-10-12-18(23)13-11-16/h2-13H,14-15H2,1H3,(H,24,25). The summed E-state index contributed by atoms with van der Waals surface area (Å²) in [5, 5.41) is 2.83. The Morgan fingerprint density at radius 2 is 1.67 bits per heavy atom. The van der Waals surface area contributed by atoms with E-state index in [0.29, 0.717) is 23.7 Å². The van der Waals surface area contributed by atoms with Crippen molar-refractivity contribution in [2.45, 2.75) is 13.2 Å². The van der Waals surface area contributed by atoms with Crippen LogP contribution in [0.25, 0.3) is 0 Å². The Morgan fingerprint density at radius 1 is 0.926 bits per heavy atom. The third kappa shape index (κ3) is 4.85. The highest BCUT2D eigenvalue weighted by Gasteiger charge is 2.17. The number of benzene rings is 3. The van der Waals surface area contributed by atoms with Crippen molar-refractivity contribution in [1.29, 1.82) is 0 Å². The Morgan fingerprint density at radius 3 is 2.37 bits per heavy atom. The van der Waals surface area contributed by atoms with E-state index in [1.165, 1.54) is 19.2 Å². The normalized spacial score (nSPS) is 10.3. The maximum atomic E-state index is 13.0. The van der Waals surface area contributed by atoms with Crippen molar-refractivity contribution < 1.29 is 18.7 Å². The number of methoxy groups -OCH3 is 1. The first-order valence-electron chi connectivity index (χ1n) is 8.54. The molecule has 0 unspecified atom stereocenters. The lowest BCUT2D eigenvalue weighted by molar-refractivity contribution is 0.0945. The quantitative estimate of drug-likeness (QED) is 0.677. The molecule has 0 atom stereocenters. The molecule has 0 aliphatic rings. The highest BCUT2D eigenvalue weighted by atomic mass is 19.1. The van der Waals surface area contributed by atoms with E-state index in [9.17, 15) is 9.18 Å². The summed E-state index contributed by atoms with van der Waals surface area (Å²) < 4.78 is 24.2. The lowest BCUT2D eigenvalue weighted by atomic mass is 10.1. The number of para-hydroxylation sites is 1. The Hall–Kier alpha value is -3.34. The van der Waals surface area contributed by atoms with Gasteiger partial charge in [0.1, 0.15) is 12.4 Å². The minimum atomic E-state index is -0.311. The second-order valence-corrected chi connectivity index (χ2v) is 5.92. The van der Waals surface area contributed by atoms with Crippen molar-refractivity contribution >= 4 is 5.91 Å². The zero-order valence-electron chi connectivity index (χ0n) is 14.9. The molecule has 4 nitrogen and oxygen atoms in total. The third-order valence-electron chi connectivity index (χ3n) is 4.04. The minimum Gasteiger partial charge on any atom is -0.493 e. The maximum absolute atomic E-state index is 13.0. The summed E-state index contributed by atoms with van der Waals surface area (Å²) in [5.74, 6) is 0.275. The lowest BCUT2D eigenvalue weighted by Crippen LogP contribution is -2.23. The summed E-state index contributed by atoms with van der Waals surface area (Å²) in [6, 6.07) is 20.8. The van der Waals surface area contributed by atoms with E-state index in [4.69, 9.17) is 9.47 Å². The van der Waals surface area contributed by atoms with Crippen molar-refractivity contribution in [3.05, 3.63) is 95.3 Å². The maximum Gasteiger partial charge on any atom is 0.255 e. The van der Waals surface area contributed by atoms with Gasteiger partial charge in [-0.2, -0.15) is 0 Å². The van der Waals surface area contributed by atoms with E-state index < -0.39 is 0 Å². The number of carbonyl (C=O) groups excluding carboxylic acids is 1. The number of ether oxygens (including phenoxy) is 2. The number of hydrogen-bond acceptors (Lipinski definition) is 3. The molecule has 3 rings (SSSR count). The lowest BCUT2D eigenvalue weighted by Gasteiger charge is -2.15. The van der Waals surface area contributed by atoms with Crippen LogP contribution in [-0.2, 0) is 13.2 Å². The zero-order chi connectivity index (χ0) is 19.1. The van der Waals surface area contributed by atoms with Crippen LogP contribution in [0, 0.1) is 5.82 Å². The molecular formula is C22H20FNO3. The topological polar surface area (TPSA) is 47.6 Å². The molecule has 0 aromatic heterocycles. The van der Waals surface area contributed by atoms with Crippen LogP contribution in [0.2, 0.25) is 0 Å². The molecule has 0 saturated heterocycles. The molecule has 0 bridgehead atoms. The fourth-order valence-electron chi connectivity index (χ4n) is 2.61. The number of hydrogen-bond donors (Lipinski definition) is 1. The fraction of sp³-hybridized carbons (Fsp3) is 0.136. The molecule has 0 spiro atoms. The van der Waals surface area contributed by atoms with Gasteiger partial charge in [0.2, 0.25) is 0 Å². The largest absolute Gasteiger partial charge is 0.493 e. The summed E-state index contributed by atoms with van der Waals surface area (Å²) in [6.45, 7) is 0.605. The van der Waals surface area contributed by atoms with Crippen molar-refractivity contribution in [2.24, 2.45) is 0 Å². The molecule has 1 amide bonds. The van der Waals surface area contributed by atoms with Gasteiger partial charge in [0.15, 0.2) is 11.5 Å². The molecule has 138 valence electrons. The number of rotatable bonds is 7. The predicted octanol–water partition coefficient (Wildman–Crippen LogP) is 4.34. The van der Waals surface area contributed by atoms with Gasteiger partial charge in [-0.05, 0) is 35.4 Å². The van der Waals surface area contributed by atoms with Gasteiger partial charge in [-0.1, -0.05) is 48.5 Å². The van der Waals surface area contributed by atoms with E-state index in [1.54, 1.807) is 30.3 Å². The van der Waals surface area contributed by atoms with E-state index in [-0.39, 0.29) is 18.3 Å². The van der Waals surface area contributed by atoms with Crippen LogP contribution in [-0.4, -0.2) is 13.0 Å². The zero-order valence-corrected chi connectivity index (χ0v) is 14.9. The number of halogens is 1. The summed E-state index contributed by atoms with van der Waals surface area (Å²) in [6.07, 6.45) is 0. The summed E-state index contributed by atoms with van der Waals surface area (Å²) in [5.41, 5.74) is 2.17. The summed E-state index contributed by atoms with van der Waals surface area (Å²) in [7, 11) is 1.53. The van der Waals surface area contributed by atoms with Gasteiger partial charge in [0, 0.05) is 6.54 Å². The molecule has 0 fully saturated rings. The molecule has 0 saturated carbocycles.